The Morgan fingerprint density at radius 3 is 2.41 bits per heavy atom. The summed E-state index contributed by atoms with van der Waals surface area (Å²) in [6, 6.07) is 16.9. The molecule has 3 aliphatic rings. The molecule has 184 valence electrons. The van der Waals surface area contributed by atoms with Crippen LogP contribution in [0.2, 0.25) is 0 Å². The van der Waals surface area contributed by atoms with E-state index in [1.807, 2.05) is 24.3 Å². The number of carbonyl (C=O) groups excluding carboxylic acids is 2. The number of pyridine rings is 1. The lowest BCUT2D eigenvalue weighted by Gasteiger charge is -2.16. The first-order valence-corrected chi connectivity index (χ1v) is 12.1. The van der Waals surface area contributed by atoms with Crippen molar-refractivity contribution in [3.63, 3.8) is 0 Å². The molecule has 0 unspecified atom stereocenters. The molecular weight excluding hydrogens is 472 g/mol. The summed E-state index contributed by atoms with van der Waals surface area (Å²) in [5.41, 5.74) is 5.92. The van der Waals surface area contributed by atoms with Gasteiger partial charge in [-0.15, -0.1) is 0 Å². The van der Waals surface area contributed by atoms with Crippen molar-refractivity contribution in [2.45, 2.75) is 12.8 Å². The molecule has 0 bridgehead atoms. The summed E-state index contributed by atoms with van der Waals surface area (Å²) in [7, 11) is 1.61. The maximum Gasteiger partial charge on any atom is 0.261 e. The van der Waals surface area contributed by atoms with Gasteiger partial charge in [0.1, 0.15) is 0 Å². The molecule has 2 amide bonds. The third-order valence-electron chi connectivity index (χ3n) is 7.08. The van der Waals surface area contributed by atoms with Crippen molar-refractivity contribution in [1.82, 2.24) is 9.88 Å². The standard InChI is InChI=1S/C29H22N2O6/c1-34-23-11-16-9-18-10-17-12-24-26(37-15-36-24)14-22(17)30-27(18)21(16)13-25(23)35-8-4-7-31-28(32)19-5-2-3-6-20(19)29(31)33/h2-3,5-6,10-14H,4,7-9,15H2,1H3. The molecule has 37 heavy (non-hydrogen) atoms. The molecule has 2 aliphatic heterocycles. The summed E-state index contributed by atoms with van der Waals surface area (Å²) < 4.78 is 22.7. The van der Waals surface area contributed by atoms with Crippen molar-refractivity contribution in [2.75, 3.05) is 27.1 Å². The fourth-order valence-corrected chi connectivity index (χ4v) is 5.27. The van der Waals surface area contributed by atoms with Gasteiger partial charge >= 0.3 is 0 Å². The molecule has 0 fully saturated rings. The molecule has 1 aromatic heterocycles. The predicted molar refractivity (Wildman–Crippen MR) is 135 cm³/mol. The Bertz CT molecular complexity index is 1590. The lowest BCUT2D eigenvalue weighted by Crippen LogP contribution is -2.31. The second kappa shape index (κ2) is 8.23. The van der Waals surface area contributed by atoms with Crippen LogP contribution in [0.5, 0.6) is 23.0 Å². The van der Waals surface area contributed by atoms with E-state index in [2.05, 4.69) is 6.07 Å². The smallest absolute Gasteiger partial charge is 0.261 e. The maximum absolute atomic E-state index is 12.6. The number of hydrogen-bond acceptors (Lipinski definition) is 7. The van der Waals surface area contributed by atoms with Crippen molar-refractivity contribution in [2.24, 2.45) is 0 Å². The van der Waals surface area contributed by atoms with Crippen LogP contribution < -0.4 is 18.9 Å². The zero-order valence-electron chi connectivity index (χ0n) is 20.1. The number of nitrogens with zero attached hydrogens (tertiary/aromatic N) is 2. The molecule has 0 radical (unpaired) electrons. The first-order chi connectivity index (χ1) is 18.1. The summed E-state index contributed by atoms with van der Waals surface area (Å²) in [6.45, 7) is 0.831. The van der Waals surface area contributed by atoms with Crippen LogP contribution in [-0.2, 0) is 6.42 Å². The average molecular weight is 495 g/mol. The Labute approximate surface area is 212 Å². The molecule has 7 rings (SSSR count). The number of amides is 2. The van der Waals surface area contributed by atoms with Crippen molar-refractivity contribution in [1.29, 1.82) is 0 Å². The van der Waals surface area contributed by atoms with Gasteiger partial charge in [-0.2, -0.15) is 0 Å². The molecule has 0 N–H and O–H groups in total. The minimum absolute atomic E-state index is 0.224. The highest BCUT2D eigenvalue weighted by Crippen LogP contribution is 2.44. The van der Waals surface area contributed by atoms with E-state index in [0.717, 1.165) is 45.5 Å². The van der Waals surface area contributed by atoms with Crippen molar-refractivity contribution in [3.05, 3.63) is 76.9 Å². The molecular formula is C29H22N2O6. The fourth-order valence-electron chi connectivity index (χ4n) is 5.27. The van der Waals surface area contributed by atoms with Crippen LogP contribution in [0.4, 0.5) is 0 Å². The number of carbonyl (C=O) groups is 2. The van der Waals surface area contributed by atoms with Crippen molar-refractivity contribution >= 4 is 22.7 Å². The molecule has 3 aromatic carbocycles. The molecule has 0 saturated heterocycles. The van der Waals surface area contributed by atoms with E-state index in [1.165, 1.54) is 4.90 Å². The lowest BCUT2D eigenvalue weighted by atomic mass is 10.1. The third kappa shape index (κ3) is 3.40. The van der Waals surface area contributed by atoms with E-state index in [4.69, 9.17) is 23.9 Å². The van der Waals surface area contributed by atoms with Gasteiger partial charge in [-0.3, -0.25) is 14.5 Å². The SMILES string of the molecule is COc1cc2c(cc1OCCCN1C(=O)c3ccccc3C1=O)-c1nc3cc4c(cc3cc1C2)OCO4. The zero-order chi connectivity index (χ0) is 25.1. The van der Waals surface area contributed by atoms with Gasteiger partial charge in [0, 0.05) is 30.0 Å². The fraction of sp³-hybridized carbons (Fsp3) is 0.207. The maximum atomic E-state index is 12.6. The highest BCUT2D eigenvalue weighted by atomic mass is 16.7. The highest BCUT2D eigenvalue weighted by Gasteiger charge is 2.34. The van der Waals surface area contributed by atoms with Gasteiger partial charge in [-0.25, -0.2) is 4.98 Å². The number of imide groups is 1. The molecule has 8 nitrogen and oxygen atoms in total. The highest BCUT2D eigenvalue weighted by molar-refractivity contribution is 6.21. The number of ether oxygens (including phenoxy) is 4. The van der Waals surface area contributed by atoms with Crippen molar-refractivity contribution in [3.8, 4) is 34.3 Å². The van der Waals surface area contributed by atoms with Crippen LogP contribution in [0.15, 0.2) is 54.6 Å². The number of benzene rings is 3. The summed E-state index contributed by atoms with van der Waals surface area (Å²) >= 11 is 0. The van der Waals surface area contributed by atoms with E-state index >= 15 is 0 Å². The van der Waals surface area contributed by atoms with Crippen molar-refractivity contribution < 1.29 is 28.5 Å². The summed E-state index contributed by atoms with van der Waals surface area (Å²) in [4.78, 5) is 31.4. The Kier molecular flexibility index (Phi) is 4.82. The minimum atomic E-state index is -0.256. The van der Waals surface area contributed by atoms with Gasteiger partial charge in [0.05, 0.1) is 36.1 Å². The van der Waals surface area contributed by atoms with Gasteiger partial charge in [0.25, 0.3) is 11.8 Å². The lowest BCUT2D eigenvalue weighted by molar-refractivity contribution is 0.0646. The average Bonchev–Trinajstić information content (AvgIpc) is 3.58. The summed E-state index contributed by atoms with van der Waals surface area (Å²) in [6.07, 6.45) is 1.25. The number of rotatable bonds is 6. The number of methoxy groups -OCH3 is 1. The Balaban J connectivity index is 1.10. The number of hydrogen-bond donors (Lipinski definition) is 0. The van der Waals surface area contributed by atoms with Gasteiger partial charge in [-0.1, -0.05) is 12.1 Å². The van der Waals surface area contributed by atoms with Gasteiger partial charge in [-0.05, 0) is 53.9 Å². The Hall–Kier alpha value is -4.59. The summed E-state index contributed by atoms with van der Waals surface area (Å²) in [5.74, 6) is 2.17. The van der Waals surface area contributed by atoms with Gasteiger partial charge in [0.15, 0.2) is 23.0 Å². The minimum Gasteiger partial charge on any atom is -0.493 e. The molecule has 3 heterocycles. The van der Waals surface area contributed by atoms with Crippen LogP contribution in [-0.4, -0.2) is 48.8 Å². The first-order valence-electron chi connectivity index (χ1n) is 12.1. The topological polar surface area (TPSA) is 87.2 Å². The van der Waals surface area contributed by atoms with E-state index in [1.54, 1.807) is 31.4 Å². The molecule has 4 aromatic rings. The first kappa shape index (κ1) is 21.7. The monoisotopic (exact) mass is 494 g/mol. The number of aromatic nitrogens is 1. The number of fused-ring (bicyclic) bond motifs is 6. The largest absolute Gasteiger partial charge is 0.493 e. The summed E-state index contributed by atoms with van der Waals surface area (Å²) in [5, 5.41) is 1.01. The van der Waals surface area contributed by atoms with E-state index in [-0.39, 0.29) is 25.2 Å². The molecule has 0 atom stereocenters. The van der Waals surface area contributed by atoms with E-state index in [9.17, 15) is 9.59 Å². The second-order valence-corrected chi connectivity index (χ2v) is 9.24. The van der Waals surface area contributed by atoms with E-state index in [0.29, 0.717) is 41.4 Å². The van der Waals surface area contributed by atoms with E-state index < -0.39 is 0 Å². The second-order valence-electron chi connectivity index (χ2n) is 9.24. The van der Waals surface area contributed by atoms with Gasteiger partial charge in [0.2, 0.25) is 6.79 Å². The Morgan fingerprint density at radius 2 is 1.65 bits per heavy atom. The van der Waals surface area contributed by atoms with Crippen LogP contribution in [0, 0.1) is 0 Å². The normalized spacial score (nSPS) is 14.7. The van der Waals surface area contributed by atoms with Crippen LogP contribution in [0.3, 0.4) is 0 Å². The predicted octanol–water partition coefficient (Wildman–Crippen LogP) is 4.61. The Morgan fingerprint density at radius 1 is 0.892 bits per heavy atom. The molecule has 0 saturated carbocycles. The van der Waals surface area contributed by atoms with Crippen LogP contribution in [0.25, 0.3) is 22.2 Å². The van der Waals surface area contributed by atoms with Gasteiger partial charge < -0.3 is 18.9 Å². The third-order valence-corrected chi connectivity index (χ3v) is 7.08. The molecule has 0 spiro atoms. The molecule has 8 heteroatoms. The van der Waals surface area contributed by atoms with Crippen LogP contribution >= 0.6 is 0 Å². The zero-order valence-corrected chi connectivity index (χ0v) is 20.1. The quantitative estimate of drug-likeness (QED) is 0.252. The molecule has 1 aliphatic carbocycles. The van der Waals surface area contributed by atoms with Crippen LogP contribution in [0.1, 0.15) is 38.3 Å².